The first kappa shape index (κ1) is 19.3. The fourth-order valence-electron chi connectivity index (χ4n) is 4.65. The lowest BCUT2D eigenvalue weighted by Gasteiger charge is -2.33. The van der Waals surface area contributed by atoms with Gasteiger partial charge in [-0.25, -0.2) is 9.97 Å². The number of piperidine rings is 1. The largest absolute Gasteiger partial charge is 0.368 e. The highest BCUT2D eigenvalue weighted by Gasteiger charge is 2.31. The van der Waals surface area contributed by atoms with Gasteiger partial charge in [0.05, 0.1) is 11.3 Å². The molecule has 0 spiro atoms. The molecule has 1 saturated carbocycles. The van der Waals surface area contributed by atoms with Crippen molar-refractivity contribution in [2.75, 3.05) is 19.7 Å². The van der Waals surface area contributed by atoms with Crippen LogP contribution >= 0.6 is 0 Å². The Labute approximate surface area is 166 Å². The molecule has 0 radical (unpaired) electrons. The molecule has 1 aliphatic carbocycles. The van der Waals surface area contributed by atoms with Crippen molar-refractivity contribution >= 4 is 11.8 Å². The first-order valence-corrected chi connectivity index (χ1v) is 10.7. The van der Waals surface area contributed by atoms with Crippen molar-refractivity contribution in [1.29, 1.82) is 0 Å². The Morgan fingerprint density at radius 3 is 2.61 bits per heavy atom. The van der Waals surface area contributed by atoms with E-state index in [1.165, 1.54) is 19.2 Å². The average Bonchev–Trinajstić information content (AvgIpc) is 3.43. The lowest BCUT2D eigenvalue weighted by molar-refractivity contribution is -0.142. The molecular formula is C21H30N4O3. The lowest BCUT2D eigenvalue weighted by Crippen LogP contribution is -2.44. The van der Waals surface area contributed by atoms with Crippen molar-refractivity contribution in [3.63, 3.8) is 0 Å². The summed E-state index contributed by atoms with van der Waals surface area (Å²) in [7, 11) is 0. The third kappa shape index (κ3) is 4.51. The minimum absolute atomic E-state index is 0.0477. The van der Waals surface area contributed by atoms with Gasteiger partial charge in [0, 0.05) is 31.9 Å². The number of amides is 2. The van der Waals surface area contributed by atoms with Crippen molar-refractivity contribution < 1.29 is 14.3 Å². The SMILES string of the molecule is O=C(NC1CCCC1)c1cncnc1CC1CCN(C(=O)[C@H]2CCCO2)CC1. The Kier molecular flexibility index (Phi) is 6.20. The molecule has 1 atom stereocenters. The molecule has 0 unspecified atom stereocenters. The summed E-state index contributed by atoms with van der Waals surface area (Å²) in [6, 6.07) is 0.285. The van der Waals surface area contributed by atoms with Gasteiger partial charge in [-0.3, -0.25) is 9.59 Å². The molecule has 28 heavy (non-hydrogen) atoms. The maximum absolute atomic E-state index is 12.7. The summed E-state index contributed by atoms with van der Waals surface area (Å²) in [5.41, 5.74) is 1.43. The minimum Gasteiger partial charge on any atom is -0.368 e. The Morgan fingerprint density at radius 1 is 1.11 bits per heavy atom. The average molecular weight is 386 g/mol. The standard InChI is InChI=1S/C21H30N4O3/c26-20(24-16-4-1-2-5-16)17-13-22-14-23-18(17)12-15-7-9-25(10-8-15)21(27)19-6-3-11-28-19/h13-16,19H,1-12H2,(H,24,26)/t19-/m1/s1. The summed E-state index contributed by atoms with van der Waals surface area (Å²) in [5, 5.41) is 3.14. The molecule has 1 aromatic heterocycles. The van der Waals surface area contributed by atoms with Crippen LogP contribution in [0.3, 0.4) is 0 Å². The highest BCUT2D eigenvalue weighted by molar-refractivity contribution is 5.95. The molecule has 152 valence electrons. The Morgan fingerprint density at radius 2 is 1.89 bits per heavy atom. The Balaban J connectivity index is 1.32. The molecule has 7 nitrogen and oxygen atoms in total. The molecular weight excluding hydrogens is 356 g/mol. The summed E-state index contributed by atoms with van der Waals surface area (Å²) >= 11 is 0. The fraction of sp³-hybridized carbons (Fsp3) is 0.714. The predicted octanol–water partition coefficient (Wildman–Crippen LogP) is 2.11. The van der Waals surface area contributed by atoms with Crippen molar-refractivity contribution in [3.8, 4) is 0 Å². The van der Waals surface area contributed by atoms with Gasteiger partial charge in [0.15, 0.2) is 0 Å². The molecule has 7 heteroatoms. The van der Waals surface area contributed by atoms with Gasteiger partial charge >= 0.3 is 0 Å². The third-order valence-corrected chi connectivity index (χ3v) is 6.34. The van der Waals surface area contributed by atoms with E-state index in [9.17, 15) is 9.59 Å². The molecule has 0 bridgehead atoms. The van der Waals surface area contributed by atoms with Gasteiger partial charge in [0.1, 0.15) is 12.4 Å². The maximum atomic E-state index is 12.7. The first-order valence-electron chi connectivity index (χ1n) is 10.7. The van der Waals surface area contributed by atoms with Gasteiger partial charge in [0.2, 0.25) is 0 Å². The molecule has 1 N–H and O–H groups in total. The second kappa shape index (κ2) is 8.99. The number of nitrogens with zero attached hydrogens (tertiary/aromatic N) is 3. The number of ether oxygens (including phenoxy) is 1. The molecule has 2 saturated heterocycles. The number of carbonyl (C=O) groups is 2. The summed E-state index contributed by atoms with van der Waals surface area (Å²) in [5.74, 6) is 0.532. The van der Waals surface area contributed by atoms with Crippen LogP contribution in [0.25, 0.3) is 0 Å². The van der Waals surface area contributed by atoms with Crippen molar-refractivity contribution in [3.05, 3.63) is 23.8 Å². The van der Waals surface area contributed by atoms with Crippen LogP contribution in [0.15, 0.2) is 12.5 Å². The molecule has 2 amide bonds. The number of aromatic nitrogens is 2. The van der Waals surface area contributed by atoms with E-state index in [4.69, 9.17) is 4.74 Å². The number of carbonyl (C=O) groups excluding carboxylic acids is 2. The summed E-state index contributed by atoms with van der Waals surface area (Å²) in [6.07, 6.45) is 11.9. The Hall–Kier alpha value is -2.02. The van der Waals surface area contributed by atoms with Crippen LogP contribution in [-0.4, -0.2) is 58.5 Å². The lowest BCUT2D eigenvalue weighted by atomic mass is 9.90. The highest BCUT2D eigenvalue weighted by atomic mass is 16.5. The smallest absolute Gasteiger partial charge is 0.254 e. The Bertz CT molecular complexity index is 691. The summed E-state index contributed by atoms with van der Waals surface area (Å²) in [6.45, 7) is 2.22. The van der Waals surface area contributed by atoms with Gasteiger partial charge in [-0.2, -0.15) is 0 Å². The van der Waals surface area contributed by atoms with Gasteiger partial charge in [-0.05, 0) is 50.9 Å². The van der Waals surface area contributed by atoms with Crippen LogP contribution in [0.5, 0.6) is 0 Å². The summed E-state index contributed by atoms with van der Waals surface area (Å²) in [4.78, 5) is 35.6. The molecule has 2 aliphatic heterocycles. The minimum atomic E-state index is -0.232. The van der Waals surface area contributed by atoms with Crippen LogP contribution in [0, 0.1) is 5.92 Å². The number of hydrogen-bond donors (Lipinski definition) is 1. The zero-order valence-corrected chi connectivity index (χ0v) is 16.4. The summed E-state index contributed by atoms with van der Waals surface area (Å²) < 4.78 is 5.53. The number of hydrogen-bond acceptors (Lipinski definition) is 5. The quantitative estimate of drug-likeness (QED) is 0.838. The molecule has 3 heterocycles. The van der Waals surface area contributed by atoms with E-state index >= 15 is 0 Å². The van der Waals surface area contributed by atoms with Crippen LogP contribution < -0.4 is 5.32 Å². The number of likely N-dealkylation sites (tertiary alicyclic amines) is 1. The van der Waals surface area contributed by atoms with Gasteiger partial charge in [-0.15, -0.1) is 0 Å². The van der Waals surface area contributed by atoms with Crippen molar-refractivity contribution in [1.82, 2.24) is 20.2 Å². The van der Waals surface area contributed by atoms with Gasteiger partial charge in [-0.1, -0.05) is 12.8 Å². The molecule has 4 rings (SSSR count). The van der Waals surface area contributed by atoms with Gasteiger partial charge in [0.25, 0.3) is 11.8 Å². The zero-order chi connectivity index (χ0) is 19.3. The topological polar surface area (TPSA) is 84.4 Å². The van der Waals surface area contributed by atoms with E-state index in [0.717, 1.165) is 63.7 Å². The molecule has 1 aromatic rings. The second-order valence-corrected chi connectivity index (χ2v) is 8.31. The first-order chi connectivity index (χ1) is 13.7. The predicted molar refractivity (Wildman–Crippen MR) is 104 cm³/mol. The maximum Gasteiger partial charge on any atom is 0.254 e. The van der Waals surface area contributed by atoms with Crippen LogP contribution in [-0.2, 0) is 16.0 Å². The van der Waals surface area contributed by atoms with E-state index in [1.807, 2.05) is 4.90 Å². The van der Waals surface area contributed by atoms with Crippen LogP contribution in [0.1, 0.15) is 67.4 Å². The molecule has 3 aliphatic rings. The van der Waals surface area contributed by atoms with Crippen LogP contribution in [0.2, 0.25) is 0 Å². The van der Waals surface area contributed by atoms with E-state index in [-0.39, 0.29) is 24.0 Å². The fourth-order valence-corrected chi connectivity index (χ4v) is 4.65. The molecule has 0 aromatic carbocycles. The van der Waals surface area contributed by atoms with Crippen molar-refractivity contribution in [2.24, 2.45) is 5.92 Å². The highest BCUT2D eigenvalue weighted by Crippen LogP contribution is 2.25. The third-order valence-electron chi connectivity index (χ3n) is 6.34. The molecule has 3 fully saturated rings. The number of nitrogens with one attached hydrogen (secondary N) is 1. The monoisotopic (exact) mass is 386 g/mol. The van der Waals surface area contributed by atoms with Crippen LogP contribution in [0.4, 0.5) is 0 Å². The van der Waals surface area contributed by atoms with E-state index in [1.54, 1.807) is 6.20 Å². The van der Waals surface area contributed by atoms with Crippen molar-refractivity contribution in [2.45, 2.75) is 69.9 Å². The van der Waals surface area contributed by atoms with Gasteiger partial charge < -0.3 is 15.0 Å². The zero-order valence-electron chi connectivity index (χ0n) is 16.4. The number of rotatable bonds is 5. The van der Waals surface area contributed by atoms with E-state index in [0.29, 0.717) is 18.1 Å². The van der Waals surface area contributed by atoms with E-state index in [2.05, 4.69) is 15.3 Å². The second-order valence-electron chi connectivity index (χ2n) is 8.31. The normalized spacial score (nSPS) is 23.9. The van der Waals surface area contributed by atoms with E-state index < -0.39 is 0 Å².